The summed E-state index contributed by atoms with van der Waals surface area (Å²) in [7, 11) is -2.59. The van der Waals surface area contributed by atoms with Crippen LogP contribution in [0.1, 0.15) is 32.3 Å². The van der Waals surface area contributed by atoms with Crippen LogP contribution in [0.5, 0.6) is 5.75 Å². The van der Waals surface area contributed by atoms with Crippen LogP contribution in [-0.2, 0) is 26.2 Å². The van der Waals surface area contributed by atoms with Gasteiger partial charge in [-0.1, -0.05) is 55.8 Å². The maximum Gasteiger partial charge on any atom is 0.264 e. The van der Waals surface area contributed by atoms with Crippen molar-refractivity contribution in [1.82, 2.24) is 10.2 Å². The zero-order valence-corrected chi connectivity index (χ0v) is 23.9. The molecular formula is C29H34ClN3O5S. The minimum atomic E-state index is -4.14. The quantitative estimate of drug-likeness (QED) is 0.315. The van der Waals surface area contributed by atoms with Gasteiger partial charge < -0.3 is 15.0 Å². The molecule has 3 rings (SSSR count). The van der Waals surface area contributed by atoms with E-state index < -0.39 is 28.5 Å². The molecule has 0 saturated heterocycles. The van der Waals surface area contributed by atoms with Crippen molar-refractivity contribution in [3.05, 3.63) is 89.4 Å². The number of ether oxygens (including phenoxy) is 1. The number of nitrogens with zero attached hydrogens (tertiary/aromatic N) is 2. The summed E-state index contributed by atoms with van der Waals surface area (Å²) in [5.41, 5.74) is 1.07. The Morgan fingerprint density at radius 3 is 2.28 bits per heavy atom. The van der Waals surface area contributed by atoms with E-state index in [1.807, 2.05) is 19.9 Å². The Morgan fingerprint density at radius 1 is 0.974 bits per heavy atom. The van der Waals surface area contributed by atoms with Crippen LogP contribution in [-0.4, -0.2) is 51.4 Å². The van der Waals surface area contributed by atoms with Crippen LogP contribution >= 0.6 is 11.6 Å². The molecule has 1 atom stereocenters. The third kappa shape index (κ3) is 7.74. The molecule has 0 spiro atoms. The highest BCUT2D eigenvalue weighted by molar-refractivity contribution is 7.92. The Hall–Kier alpha value is -3.56. The monoisotopic (exact) mass is 571 g/mol. The number of sulfonamides is 1. The first-order chi connectivity index (χ1) is 18.7. The highest BCUT2D eigenvalue weighted by Crippen LogP contribution is 2.26. The van der Waals surface area contributed by atoms with Crippen molar-refractivity contribution < 1.29 is 22.7 Å². The molecule has 0 aliphatic carbocycles. The second-order valence-electron chi connectivity index (χ2n) is 8.89. The molecule has 0 aliphatic heterocycles. The highest BCUT2D eigenvalue weighted by Gasteiger charge is 2.33. The fraction of sp³-hybridized carbons (Fsp3) is 0.310. The van der Waals surface area contributed by atoms with Crippen LogP contribution in [0.3, 0.4) is 0 Å². The predicted octanol–water partition coefficient (Wildman–Crippen LogP) is 4.88. The van der Waals surface area contributed by atoms with Gasteiger partial charge in [0.15, 0.2) is 0 Å². The third-order valence-corrected chi connectivity index (χ3v) is 8.19. The number of anilines is 1. The summed E-state index contributed by atoms with van der Waals surface area (Å²) in [5, 5.41) is 3.26. The van der Waals surface area contributed by atoms with Gasteiger partial charge in [-0.15, -0.1) is 0 Å². The summed E-state index contributed by atoms with van der Waals surface area (Å²) in [6.07, 6.45) is 1.09. The molecule has 0 fully saturated rings. The lowest BCUT2D eigenvalue weighted by molar-refractivity contribution is -0.140. The molecule has 0 aliphatic rings. The average Bonchev–Trinajstić information content (AvgIpc) is 2.95. The minimum Gasteiger partial charge on any atom is -0.497 e. The topological polar surface area (TPSA) is 96.0 Å². The lowest BCUT2D eigenvalue weighted by Crippen LogP contribution is -2.52. The molecule has 3 aromatic carbocycles. The number of rotatable bonds is 13. The van der Waals surface area contributed by atoms with Gasteiger partial charge in [-0.05, 0) is 66.9 Å². The van der Waals surface area contributed by atoms with Crippen LogP contribution in [0.15, 0.2) is 83.8 Å². The number of benzene rings is 3. The van der Waals surface area contributed by atoms with Crippen molar-refractivity contribution in [3.8, 4) is 5.75 Å². The summed E-state index contributed by atoms with van der Waals surface area (Å²) in [4.78, 5) is 28.5. The molecule has 39 heavy (non-hydrogen) atoms. The van der Waals surface area contributed by atoms with E-state index in [4.69, 9.17) is 16.3 Å². The second-order valence-corrected chi connectivity index (χ2v) is 11.2. The highest BCUT2D eigenvalue weighted by atomic mass is 35.5. The molecular weight excluding hydrogens is 538 g/mol. The number of hydrogen-bond acceptors (Lipinski definition) is 5. The molecule has 1 N–H and O–H groups in total. The SMILES string of the molecule is CCCNC(=O)[C@@H](CC)N(Cc1cccc(OC)c1)C(=O)CN(c1ccccc1)S(=O)(=O)c1ccc(Cl)cc1. The Morgan fingerprint density at radius 2 is 1.67 bits per heavy atom. The van der Waals surface area contributed by atoms with E-state index in [1.54, 1.807) is 55.6 Å². The van der Waals surface area contributed by atoms with Gasteiger partial charge in [0.1, 0.15) is 18.3 Å². The van der Waals surface area contributed by atoms with E-state index in [9.17, 15) is 18.0 Å². The van der Waals surface area contributed by atoms with Gasteiger partial charge in [0.2, 0.25) is 11.8 Å². The summed E-state index contributed by atoms with van der Waals surface area (Å²) in [6, 6.07) is 20.6. The van der Waals surface area contributed by atoms with Gasteiger partial charge in [-0.2, -0.15) is 0 Å². The number of carbonyl (C=O) groups excluding carboxylic acids is 2. The van der Waals surface area contributed by atoms with E-state index in [0.29, 0.717) is 29.4 Å². The number of methoxy groups -OCH3 is 1. The Kier molecular flexibility index (Phi) is 10.8. The predicted molar refractivity (Wildman–Crippen MR) is 153 cm³/mol. The number of amides is 2. The van der Waals surface area contributed by atoms with Gasteiger partial charge in [-0.3, -0.25) is 13.9 Å². The van der Waals surface area contributed by atoms with E-state index >= 15 is 0 Å². The zero-order valence-electron chi connectivity index (χ0n) is 22.3. The van der Waals surface area contributed by atoms with E-state index in [2.05, 4.69) is 5.32 Å². The fourth-order valence-electron chi connectivity index (χ4n) is 4.11. The molecule has 8 nitrogen and oxygen atoms in total. The lowest BCUT2D eigenvalue weighted by Gasteiger charge is -2.33. The second kappa shape index (κ2) is 14.0. The summed E-state index contributed by atoms with van der Waals surface area (Å²) in [5.74, 6) is -0.195. The number of nitrogens with one attached hydrogen (secondary N) is 1. The van der Waals surface area contributed by atoms with E-state index in [1.165, 1.54) is 29.2 Å². The number of para-hydroxylation sites is 1. The maximum atomic E-state index is 14.0. The van der Waals surface area contributed by atoms with Crippen molar-refractivity contribution in [2.24, 2.45) is 0 Å². The molecule has 0 saturated carbocycles. The molecule has 10 heteroatoms. The molecule has 0 unspecified atom stereocenters. The third-order valence-electron chi connectivity index (χ3n) is 6.15. The summed E-state index contributed by atoms with van der Waals surface area (Å²) < 4.78 is 33.9. The van der Waals surface area contributed by atoms with Crippen LogP contribution in [0.2, 0.25) is 5.02 Å². The van der Waals surface area contributed by atoms with Crippen LogP contribution < -0.4 is 14.4 Å². The molecule has 208 valence electrons. The van der Waals surface area contributed by atoms with Gasteiger partial charge >= 0.3 is 0 Å². The maximum absolute atomic E-state index is 14.0. The van der Waals surface area contributed by atoms with Gasteiger partial charge in [-0.25, -0.2) is 8.42 Å². The largest absolute Gasteiger partial charge is 0.497 e. The van der Waals surface area contributed by atoms with Crippen molar-refractivity contribution in [3.63, 3.8) is 0 Å². The van der Waals surface area contributed by atoms with Gasteiger partial charge in [0.05, 0.1) is 17.7 Å². The zero-order chi connectivity index (χ0) is 28.4. The standard InChI is InChI=1S/C29H34ClN3O5S/c1-4-18-31-29(35)27(5-2)32(20-22-10-9-13-25(19-22)38-3)28(34)21-33(24-11-7-6-8-12-24)39(36,37)26-16-14-23(30)15-17-26/h6-17,19,27H,4-5,18,20-21H2,1-3H3,(H,31,35)/t27-/m1/s1. The number of hydrogen-bond donors (Lipinski definition) is 1. The lowest BCUT2D eigenvalue weighted by atomic mass is 10.1. The van der Waals surface area contributed by atoms with Crippen LogP contribution in [0.25, 0.3) is 0 Å². The van der Waals surface area contributed by atoms with Crippen LogP contribution in [0.4, 0.5) is 5.69 Å². The fourth-order valence-corrected chi connectivity index (χ4v) is 5.65. The molecule has 0 bridgehead atoms. The Bertz CT molecular complexity index is 1350. The first kappa shape index (κ1) is 30.0. The normalized spacial score (nSPS) is 11.9. The smallest absolute Gasteiger partial charge is 0.264 e. The van der Waals surface area contributed by atoms with Gasteiger partial charge in [0.25, 0.3) is 10.0 Å². The molecule has 2 amide bonds. The first-order valence-corrected chi connectivity index (χ1v) is 14.6. The summed E-state index contributed by atoms with van der Waals surface area (Å²) >= 11 is 5.98. The van der Waals surface area contributed by atoms with Gasteiger partial charge in [0, 0.05) is 18.1 Å². The van der Waals surface area contributed by atoms with Crippen LogP contribution in [0, 0.1) is 0 Å². The Labute approximate surface area is 235 Å². The number of carbonyl (C=O) groups is 2. The van der Waals surface area contributed by atoms with Crippen molar-refractivity contribution in [2.75, 3.05) is 24.5 Å². The molecule has 0 radical (unpaired) electrons. The van der Waals surface area contributed by atoms with E-state index in [0.717, 1.165) is 16.3 Å². The Balaban J connectivity index is 2.03. The molecule has 0 heterocycles. The molecule has 3 aromatic rings. The summed E-state index contributed by atoms with van der Waals surface area (Å²) in [6.45, 7) is 3.83. The first-order valence-electron chi connectivity index (χ1n) is 12.7. The van der Waals surface area contributed by atoms with Crippen molar-refractivity contribution in [1.29, 1.82) is 0 Å². The number of halogens is 1. The van der Waals surface area contributed by atoms with E-state index in [-0.39, 0.29) is 17.3 Å². The minimum absolute atomic E-state index is 0.00405. The van der Waals surface area contributed by atoms with Crippen molar-refractivity contribution >= 4 is 39.1 Å². The van der Waals surface area contributed by atoms with Crippen molar-refractivity contribution in [2.45, 2.75) is 44.2 Å². The molecule has 0 aromatic heterocycles. The average molecular weight is 572 g/mol.